The van der Waals surface area contributed by atoms with Gasteiger partial charge in [0, 0.05) is 23.9 Å². The van der Waals surface area contributed by atoms with Crippen LogP contribution in [0.15, 0.2) is 29.2 Å². The molecular weight excluding hydrogens is 285 g/mol. The second kappa shape index (κ2) is 5.37. The highest BCUT2D eigenvalue weighted by molar-refractivity contribution is 6.61. The lowest BCUT2D eigenvalue weighted by Crippen LogP contribution is -2.41. The van der Waals surface area contributed by atoms with Crippen molar-refractivity contribution in [3.05, 3.63) is 30.4 Å². The molecular formula is C14H18BN3O4. The highest BCUT2D eigenvalue weighted by Gasteiger charge is 2.51. The molecule has 3 rings (SSSR count). The molecule has 22 heavy (non-hydrogen) atoms. The molecule has 2 aromatic rings. The largest absolute Gasteiger partial charge is 0.498 e. The molecule has 0 radical (unpaired) electrons. The minimum absolute atomic E-state index is 0.256. The molecule has 1 fully saturated rings. The number of nitrogens with zero attached hydrogens (tertiary/aromatic N) is 3. The van der Waals surface area contributed by atoms with Crippen molar-refractivity contribution in [2.24, 2.45) is 0 Å². The molecule has 0 atom stereocenters. The SMILES string of the molecule is CC1(C)OB(c2cnc(OCc3ccon3)nc2)OC1(C)C. The quantitative estimate of drug-likeness (QED) is 0.788. The van der Waals surface area contributed by atoms with Crippen LogP contribution in [0.2, 0.25) is 0 Å². The van der Waals surface area contributed by atoms with Crippen molar-refractivity contribution >= 4 is 12.6 Å². The molecule has 0 N–H and O–H groups in total. The van der Waals surface area contributed by atoms with Gasteiger partial charge in [-0.05, 0) is 27.7 Å². The van der Waals surface area contributed by atoms with Crippen molar-refractivity contribution < 1.29 is 18.6 Å². The number of hydrogen-bond donors (Lipinski definition) is 0. The fourth-order valence-electron chi connectivity index (χ4n) is 1.95. The number of ether oxygens (including phenoxy) is 1. The first-order chi connectivity index (χ1) is 10.4. The molecule has 116 valence electrons. The summed E-state index contributed by atoms with van der Waals surface area (Å²) in [4.78, 5) is 8.33. The monoisotopic (exact) mass is 303 g/mol. The minimum Gasteiger partial charge on any atom is -0.457 e. The summed E-state index contributed by atoms with van der Waals surface area (Å²) >= 11 is 0. The summed E-state index contributed by atoms with van der Waals surface area (Å²) < 4.78 is 22.0. The molecule has 8 heteroatoms. The molecule has 3 heterocycles. The second-order valence-electron chi connectivity index (χ2n) is 6.17. The molecule has 0 spiro atoms. The Morgan fingerprint density at radius 1 is 1.09 bits per heavy atom. The zero-order valence-electron chi connectivity index (χ0n) is 13.1. The summed E-state index contributed by atoms with van der Waals surface area (Å²) in [5.41, 5.74) is 0.658. The van der Waals surface area contributed by atoms with Gasteiger partial charge in [-0.3, -0.25) is 0 Å². The Balaban J connectivity index is 1.65. The normalized spacial score (nSPS) is 19.4. The molecule has 0 unspecified atom stereocenters. The summed E-state index contributed by atoms with van der Waals surface area (Å²) in [6.07, 6.45) is 4.78. The first-order valence-corrected chi connectivity index (χ1v) is 7.07. The zero-order chi connectivity index (χ0) is 15.8. The standard InChI is InChI=1S/C14H18BN3O4/c1-13(2)14(3,4)22-15(21-13)10-7-16-12(17-8-10)19-9-11-5-6-20-18-11/h5-8H,9H2,1-4H3. The van der Waals surface area contributed by atoms with E-state index in [1.54, 1.807) is 18.5 Å². The predicted molar refractivity (Wildman–Crippen MR) is 78.6 cm³/mol. The first kappa shape index (κ1) is 15.0. The summed E-state index contributed by atoms with van der Waals surface area (Å²) in [7, 11) is -0.477. The Morgan fingerprint density at radius 2 is 1.73 bits per heavy atom. The Kier molecular flexibility index (Phi) is 3.66. The molecule has 1 aliphatic heterocycles. The highest BCUT2D eigenvalue weighted by Crippen LogP contribution is 2.36. The van der Waals surface area contributed by atoms with Gasteiger partial charge in [0.1, 0.15) is 18.6 Å². The van der Waals surface area contributed by atoms with Crippen molar-refractivity contribution in [3.8, 4) is 6.01 Å². The van der Waals surface area contributed by atoms with Gasteiger partial charge in [0.25, 0.3) is 0 Å². The van der Waals surface area contributed by atoms with E-state index in [1.165, 1.54) is 6.26 Å². The van der Waals surface area contributed by atoms with E-state index >= 15 is 0 Å². The Labute approximate surface area is 129 Å². The van der Waals surface area contributed by atoms with Crippen LogP contribution in [-0.4, -0.2) is 33.4 Å². The van der Waals surface area contributed by atoms with Crippen molar-refractivity contribution in [1.29, 1.82) is 0 Å². The van der Waals surface area contributed by atoms with E-state index in [4.69, 9.17) is 18.6 Å². The maximum Gasteiger partial charge on any atom is 0.498 e. The van der Waals surface area contributed by atoms with E-state index in [9.17, 15) is 0 Å². The lowest BCUT2D eigenvalue weighted by Gasteiger charge is -2.32. The Morgan fingerprint density at radius 3 is 2.27 bits per heavy atom. The van der Waals surface area contributed by atoms with Gasteiger partial charge in [-0.1, -0.05) is 5.16 Å². The van der Waals surface area contributed by atoms with Gasteiger partial charge < -0.3 is 18.6 Å². The van der Waals surface area contributed by atoms with Crippen LogP contribution in [0.5, 0.6) is 6.01 Å². The van der Waals surface area contributed by atoms with Crippen LogP contribution in [0.1, 0.15) is 33.4 Å². The molecule has 0 saturated carbocycles. The maximum absolute atomic E-state index is 5.94. The molecule has 7 nitrogen and oxygen atoms in total. The molecule has 0 bridgehead atoms. The fourth-order valence-corrected chi connectivity index (χ4v) is 1.95. The van der Waals surface area contributed by atoms with Crippen LogP contribution in [0.25, 0.3) is 0 Å². The van der Waals surface area contributed by atoms with E-state index < -0.39 is 7.12 Å². The van der Waals surface area contributed by atoms with E-state index in [2.05, 4.69) is 15.1 Å². The third-order valence-corrected chi connectivity index (χ3v) is 4.01. The third kappa shape index (κ3) is 2.84. The average Bonchev–Trinajstić information content (AvgIpc) is 3.04. The topological polar surface area (TPSA) is 79.5 Å². The summed E-state index contributed by atoms with van der Waals surface area (Å²) in [5.74, 6) is 0. The molecule has 0 amide bonds. The van der Waals surface area contributed by atoms with Gasteiger partial charge in [0.15, 0.2) is 0 Å². The lowest BCUT2D eigenvalue weighted by atomic mass is 9.81. The molecule has 0 aromatic carbocycles. The van der Waals surface area contributed by atoms with Gasteiger partial charge in [-0.15, -0.1) is 0 Å². The average molecular weight is 303 g/mol. The van der Waals surface area contributed by atoms with Crippen molar-refractivity contribution in [2.45, 2.75) is 45.5 Å². The van der Waals surface area contributed by atoms with Crippen molar-refractivity contribution in [2.75, 3.05) is 0 Å². The highest BCUT2D eigenvalue weighted by atomic mass is 16.7. The second-order valence-corrected chi connectivity index (χ2v) is 6.17. The number of rotatable bonds is 4. The molecule has 0 aliphatic carbocycles. The van der Waals surface area contributed by atoms with Gasteiger partial charge in [0.2, 0.25) is 0 Å². The van der Waals surface area contributed by atoms with Crippen LogP contribution in [0, 0.1) is 0 Å². The minimum atomic E-state index is -0.477. The number of hydrogen-bond acceptors (Lipinski definition) is 7. The molecule has 1 aliphatic rings. The third-order valence-electron chi connectivity index (χ3n) is 4.01. The summed E-state index contributed by atoms with van der Waals surface area (Å²) in [6, 6.07) is 1.99. The maximum atomic E-state index is 5.94. The van der Waals surface area contributed by atoms with Crippen molar-refractivity contribution in [1.82, 2.24) is 15.1 Å². The van der Waals surface area contributed by atoms with Gasteiger partial charge in [-0.2, -0.15) is 0 Å². The molecule has 1 saturated heterocycles. The fraction of sp³-hybridized carbons (Fsp3) is 0.500. The Hall–Kier alpha value is -1.93. The first-order valence-electron chi connectivity index (χ1n) is 7.07. The molecule has 2 aromatic heterocycles. The zero-order valence-corrected chi connectivity index (χ0v) is 13.1. The summed E-state index contributed by atoms with van der Waals surface area (Å²) in [5, 5.41) is 3.75. The van der Waals surface area contributed by atoms with E-state index in [1.807, 2.05) is 27.7 Å². The van der Waals surface area contributed by atoms with Gasteiger partial charge in [-0.25, -0.2) is 9.97 Å². The van der Waals surface area contributed by atoms with Crippen LogP contribution < -0.4 is 10.2 Å². The van der Waals surface area contributed by atoms with E-state index in [-0.39, 0.29) is 23.8 Å². The lowest BCUT2D eigenvalue weighted by molar-refractivity contribution is 0.00578. The van der Waals surface area contributed by atoms with E-state index in [0.29, 0.717) is 5.69 Å². The van der Waals surface area contributed by atoms with Crippen LogP contribution in [0.3, 0.4) is 0 Å². The Bertz CT molecular complexity index is 612. The van der Waals surface area contributed by atoms with Crippen LogP contribution >= 0.6 is 0 Å². The van der Waals surface area contributed by atoms with Crippen LogP contribution in [0.4, 0.5) is 0 Å². The predicted octanol–water partition coefficient (Wildman–Crippen LogP) is 1.34. The van der Waals surface area contributed by atoms with Crippen molar-refractivity contribution in [3.63, 3.8) is 0 Å². The van der Waals surface area contributed by atoms with Gasteiger partial charge >= 0.3 is 13.1 Å². The van der Waals surface area contributed by atoms with Crippen LogP contribution in [-0.2, 0) is 15.9 Å². The van der Waals surface area contributed by atoms with Gasteiger partial charge in [0.05, 0.1) is 11.2 Å². The number of aromatic nitrogens is 3. The smallest absolute Gasteiger partial charge is 0.457 e. The summed E-state index contributed by atoms with van der Waals surface area (Å²) in [6.45, 7) is 8.27. The van der Waals surface area contributed by atoms with E-state index in [0.717, 1.165) is 5.46 Å².